The van der Waals surface area contributed by atoms with Crippen molar-refractivity contribution in [3.05, 3.63) is 57.5 Å². The molecule has 1 N–H and O–H groups in total. The number of benzene rings is 1. The number of methoxy groups -OCH3 is 1. The molecule has 6 nitrogen and oxygen atoms in total. The molecule has 1 unspecified atom stereocenters. The molecule has 1 heterocycles. The third-order valence-corrected chi connectivity index (χ3v) is 4.60. The van der Waals surface area contributed by atoms with Gasteiger partial charge in [-0.2, -0.15) is 5.10 Å². The minimum absolute atomic E-state index is 0.193. The molecule has 1 aliphatic rings. The summed E-state index contributed by atoms with van der Waals surface area (Å²) >= 11 is 0. The Morgan fingerprint density at radius 1 is 1.32 bits per heavy atom. The first-order valence-electron chi connectivity index (χ1n) is 8.60. The number of carbonyl (C=O) groups excluding carboxylic acids is 1. The second kappa shape index (κ2) is 7.51. The predicted octanol–water partition coefficient (Wildman–Crippen LogP) is 1.66. The van der Waals surface area contributed by atoms with Crippen molar-refractivity contribution in [2.45, 2.75) is 38.6 Å². The van der Waals surface area contributed by atoms with E-state index in [2.05, 4.69) is 10.4 Å². The molecule has 0 radical (unpaired) electrons. The van der Waals surface area contributed by atoms with Crippen LogP contribution in [-0.2, 0) is 24.1 Å². The molecule has 2 aromatic rings. The summed E-state index contributed by atoms with van der Waals surface area (Å²) < 4.78 is 6.42. The molecular weight excluding hydrogens is 318 g/mol. The Labute approximate surface area is 146 Å². The molecule has 132 valence electrons. The number of nitrogens with one attached hydrogen (secondary N) is 1. The van der Waals surface area contributed by atoms with Crippen molar-refractivity contribution < 1.29 is 9.53 Å². The van der Waals surface area contributed by atoms with Crippen molar-refractivity contribution in [3.63, 3.8) is 0 Å². The van der Waals surface area contributed by atoms with Crippen LogP contribution >= 0.6 is 0 Å². The largest absolute Gasteiger partial charge is 0.497 e. The normalized spacial score (nSPS) is 14.0. The lowest BCUT2D eigenvalue weighted by atomic mass is 10.1. The molecule has 1 atom stereocenters. The zero-order valence-corrected chi connectivity index (χ0v) is 14.6. The maximum absolute atomic E-state index is 12.4. The second-order valence-electron chi connectivity index (χ2n) is 6.32. The van der Waals surface area contributed by atoms with E-state index >= 15 is 0 Å². The molecule has 0 saturated heterocycles. The number of nitrogens with zero attached hydrogens (tertiary/aromatic N) is 2. The summed E-state index contributed by atoms with van der Waals surface area (Å²) in [5, 5.41) is 7.27. The van der Waals surface area contributed by atoms with Gasteiger partial charge in [0.15, 0.2) is 0 Å². The predicted molar refractivity (Wildman–Crippen MR) is 94.9 cm³/mol. The van der Waals surface area contributed by atoms with E-state index in [-0.39, 0.29) is 11.5 Å². The second-order valence-corrected chi connectivity index (χ2v) is 6.32. The third kappa shape index (κ3) is 3.90. The van der Waals surface area contributed by atoms with Gasteiger partial charge >= 0.3 is 0 Å². The molecule has 25 heavy (non-hydrogen) atoms. The van der Waals surface area contributed by atoms with Gasteiger partial charge in [-0.3, -0.25) is 9.59 Å². The van der Waals surface area contributed by atoms with Crippen LogP contribution in [0.5, 0.6) is 5.75 Å². The van der Waals surface area contributed by atoms with E-state index < -0.39 is 6.04 Å². The Morgan fingerprint density at radius 3 is 2.80 bits per heavy atom. The van der Waals surface area contributed by atoms with Crippen molar-refractivity contribution in [3.8, 4) is 5.75 Å². The molecule has 3 rings (SSSR count). The van der Waals surface area contributed by atoms with Crippen molar-refractivity contribution in [1.29, 1.82) is 0 Å². The highest BCUT2D eigenvalue weighted by molar-refractivity contribution is 5.79. The van der Waals surface area contributed by atoms with Crippen LogP contribution in [0, 0.1) is 0 Å². The van der Waals surface area contributed by atoms with Crippen LogP contribution in [0.2, 0.25) is 0 Å². The molecule has 0 bridgehead atoms. The summed E-state index contributed by atoms with van der Waals surface area (Å²) in [6.45, 7) is 2.22. The highest BCUT2D eigenvalue weighted by Gasteiger charge is 2.21. The number of ether oxygens (including phenoxy) is 1. The fraction of sp³-hybridized carbons (Fsp3) is 0.421. The minimum Gasteiger partial charge on any atom is -0.497 e. The smallest absolute Gasteiger partial charge is 0.267 e. The first kappa shape index (κ1) is 17.2. The van der Waals surface area contributed by atoms with Crippen LogP contribution in [0.4, 0.5) is 0 Å². The summed E-state index contributed by atoms with van der Waals surface area (Å²) in [7, 11) is 1.63. The van der Waals surface area contributed by atoms with Crippen molar-refractivity contribution in [1.82, 2.24) is 15.1 Å². The van der Waals surface area contributed by atoms with Crippen molar-refractivity contribution in [2.75, 3.05) is 13.7 Å². The van der Waals surface area contributed by atoms with Crippen LogP contribution < -0.4 is 15.6 Å². The van der Waals surface area contributed by atoms with Gasteiger partial charge in [0.05, 0.1) is 12.8 Å². The van der Waals surface area contributed by atoms with E-state index in [1.807, 2.05) is 24.3 Å². The zero-order valence-electron chi connectivity index (χ0n) is 14.6. The highest BCUT2D eigenvalue weighted by Crippen LogP contribution is 2.18. The Hall–Kier alpha value is -2.63. The molecule has 1 aliphatic carbocycles. The average Bonchev–Trinajstić information content (AvgIpc) is 3.08. The molecule has 0 fully saturated rings. The van der Waals surface area contributed by atoms with Crippen LogP contribution in [0.3, 0.4) is 0 Å². The summed E-state index contributed by atoms with van der Waals surface area (Å²) in [5.41, 5.74) is 2.87. The first-order chi connectivity index (χ1) is 12.1. The van der Waals surface area contributed by atoms with Gasteiger partial charge in [0.25, 0.3) is 5.56 Å². The van der Waals surface area contributed by atoms with Gasteiger partial charge in [-0.05, 0) is 55.9 Å². The Kier molecular flexibility index (Phi) is 5.16. The van der Waals surface area contributed by atoms with Crippen LogP contribution in [0.1, 0.15) is 36.2 Å². The van der Waals surface area contributed by atoms with E-state index in [1.54, 1.807) is 20.1 Å². The number of amides is 1. The molecule has 0 spiro atoms. The SMILES string of the molecule is COc1ccc(CCNC(=O)C(C)n2nc3c(cc2=O)CCC3)cc1. The Bertz CT molecular complexity index is 812. The topological polar surface area (TPSA) is 73.2 Å². The molecule has 1 amide bonds. The number of hydrogen-bond acceptors (Lipinski definition) is 4. The van der Waals surface area contributed by atoms with Gasteiger partial charge < -0.3 is 10.1 Å². The fourth-order valence-electron chi connectivity index (χ4n) is 3.07. The number of rotatable bonds is 6. The van der Waals surface area contributed by atoms with Crippen molar-refractivity contribution in [2.24, 2.45) is 0 Å². The van der Waals surface area contributed by atoms with Crippen LogP contribution in [0.15, 0.2) is 35.1 Å². The van der Waals surface area contributed by atoms with Gasteiger partial charge in [0.2, 0.25) is 5.91 Å². The fourth-order valence-corrected chi connectivity index (χ4v) is 3.07. The van der Waals surface area contributed by atoms with E-state index in [0.717, 1.165) is 48.3 Å². The van der Waals surface area contributed by atoms with E-state index in [9.17, 15) is 9.59 Å². The van der Waals surface area contributed by atoms with Crippen LogP contribution in [-0.4, -0.2) is 29.3 Å². The zero-order chi connectivity index (χ0) is 17.8. The molecule has 0 saturated carbocycles. The first-order valence-corrected chi connectivity index (χ1v) is 8.60. The minimum atomic E-state index is -0.616. The maximum Gasteiger partial charge on any atom is 0.267 e. The summed E-state index contributed by atoms with van der Waals surface area (Å²) in [5.74, 6) is 0.615. The number of aromatic nitrogens is 2. The summed E-state index contributed by atoms with van der Waals surface area (Å²) in [6, 6.07) is 8.74. The number of fused-ring (bicyclic) bond motifs is 1. The highest BCUT2D eigenvalue weighted by atomic mass is 16.5. The lowest BCUT2D eigenvalue weighted by molar-refractivity contribution is -0.124. The molecule has 6 heteroatoms. The standard InChI is InChI=1S/C19H23N3O3/c1-13(22-18(23)12-15-4-3-5-17(15)21-22)19(24)20-11-10-14-6-8-16(25-2)9-7-14/h6-9,12-13H,3-5,10-11H2,1-2H3,(H,20,24). The average molecular weight is 341 g/mol. The van der Waals surface area contributed by atoms with Gasteiger partial charge in [-0.1, -0.05) is 12.1 Å². The van der Waals surface area contributed by atoms with E-state index in [0.29, 0.717) is 6.54 Å². The molecule has 1 aromatic heterocycles. The Morgan fingerprint density at radius 2 is 2.08 bits per heavy atom. The lowest BCUT2D eigenvalue weighted by Crippen LogP contribution is -2.38. The number of aryl methyl sites for hydroxylation is 2. The van der Waals surface area contributed by atoms with Gasteiger partial charge in [-0.15, -0.1) is 0 Å². The monoisotopic (exact) mass is 341 g/mol. The molecule has 1 aromatic carbocycles. The number of carbonyl (C=O) groups is 1. The van der Waals surface area contributed by atoms with Gasteiger partial charge in [0.1, 0.15) is 11.8 Å². The van der Waals surface area contributed by atoms with E-state index in [4.69, 9.17) is 4.74 Å². The third-order valence-electron chi connectivity index (χ3n) is 4.60. The van der Waals surface area contributed by atoms with E-state index in [1.165, 1.54) is 4.68 Å². The Balaban J connectivity index is 1.58. The van der Waals surface area contributed by atoms with Crippen molar-refractivity contribution >= 4 is 5.91 Å². The van der Waals surface area contributed by atoms with Gasteiger partial charge in [0, 0.05) is 12.6 Å². The molecule has 0 aliphatic heterocycles. The maximum atomic E-state index is 12.4. The quantitative estimate of drug-likeness (QED) is 0.867. The summed E-state index contributed by atoms with van der Waals surface area (Å²) in [6.07, 6.45) is 3.52. The number of hydrogen-bond donors (Lipinski definition) is 1. The van der Waals surface area contributed by atoms with Gasteiger partial charge in [-0.25, -0.2) is 4.68 Å². The summed E-state index contributed by atoms with van der Waals surface area (Å²) in [4.78, 5) is 24.5. The molecular formula is C19H23N3O3. The lowest BCUT2D eigenvalue weighted by Gasteiger charge is -2.15. The van der Waals surface area contributed by atoms with Crippen LogP contribution in [0.25, 0.3) is 0 Å².